The molecule has 2 aliphatic rings. The highest BCUT2D eigenvalue weighted by Crippen LogP contribution is 2.32. The fourth-order valence-electron chi connectivity index (χ4n) is 4.34. The van der Waals surface area contributed by atoms with Crippen molar-refractivity contribution in [3.63, 3.8) is 0 Å². The molecule has 33 heavy (non-hydrogen) atoms. The van der Waals surface area contributed by atoms with Gasteiger partial charge in [0.1, 0.15) is 11.8 Å². The van der Waals surface area contributed by atoms with E-state index in [1.165, 1.54) is 0 Å². The number of halogens is 1. The second-order valence-corrected chi connectivity index (χ2v) is 9.42. The van der Waals surface area contributed by atoms with Crippen LogP contribution in [-0.4, -0.2) is 61.3 Å². The van der Waals surface area contributed by atoms with E-state index >= 15 is 0 Å². The standard InChI is InChI=1S/C23H26BrN7O2/c1-15(32)31-10-7-19-20(14-31)27-22(16-11-26-29(2)13-16)23(28-19)30-8-5-18(6-9-30)33-21-4-3-17(24)12-25-21/h3-4,11-13,18H,5-10,14H2,1-2H3. The number of pyridine rings is 1. The topological polar surface area (TPSA) is 89.3 Å². The quantitative estimate of drug-likeness (QED) is 0.531. The highest BCUT2D eigenvalue weighted by atomic mass is 79.9. The summed E-state index contributed by atoms with van der Waals surface area (Å²) in [4.78, 5) is 30.4. The van der Waals surface area contributed by atoms with Gasteiger partial charge in [-0.25, -0.2) is 15.0 Å². The fraction of sp³-hybridized carbons (Fsp3) is 0.435. The van der Waals surface area contributed by atoms with Crippen molar-refractivity contribution in [3.05, 3.63) is 46.6 Å². The molecule has 9 nitrogen and oxygen atoms in total. The Bertz CT molecular complexity index is 1160. The Labute approximate surface area is 200 Å². The van der Waals surface area contributed by atoms with Gasteiger partial charge in [0.2, 0.25) is 11.8 Å². The predicted molar refractivity (Wildman–Crippen MR) is 127 cm³/mol. The van der Waals surface area contributed by atoms with Crippen molar-refractivity contribution < 1.29 is 9.53 Å². The lowest BCUT2D eigenvalue weighted by Gasteiger charge is -2.34. The number of rotatable bonds is 4. The Morgan fingerprint density at radius 1 is 1.12 bits per heavy atom. The number of piperidine rings is 1. The molecule has 10 heteroatoms. The first-order chi connectivity index (χ1) is 16.0. The second-order valence-electron chi connectivity index (χ2n) is 8.50. The van der Waals surface area contributed by atoms with Crippen LogP contribution in [0.3, 0.4) is 0 Å². The number of hydrogen-bond donors (Lipinski definition) is 0. The Hall–Kier alpha value is -3.01. The number of aryl methyl sites for hydroxylation is 1. The Morgan fingerprint density at radius 2 is 1.94 bits per heavy atom. The average Bonchev–Trinajstić information content (AvgIpc) is 3.26. The van der Waals surface area contributed by atoms with Gasteiger partial charge in [-0.05, 0) is 22.0 Å². The normalized spacial score (nSPS) is 16.6. The molecule has 0 aromatic carbocycles. The van der Waals surface area contributed by atoms with Gasteiger partial charge in [-0.1, -0.05) is 0 Å². The molecule has 0 spiro atoms. The number of ether oxygens (including phenoxy) is 1. The molecule has 0 radical (unpaired) electrons. The Balaban J connectivity index is 1.38. The molecule has 1 fully saturated rings. The fourth-order valence-corrected chi connectivity index (χ4v) is 4.57. The minimum atomic E-state index is 0.0665. The summed E-state index contributed by atoms with van der Waals surface area (Å²) >= 11 is 3.41. The van der Waals surface area contributed by atoms with Crippen LogP contribution in [0.25, 0.3) is 11.3 Å². The van der Waals surface area contributed by atoms with E-state index in [9.17, 15) is 4.79 Å². The molecule has 0 saturated carbocycles. The summed E-state index contributed by atoms with van der Waals surface area (Å²) in [6, 6.07) is 3.82. The van der Waals surface area contributed by atoms with Crippen LogP contribution in [0.5, 0.6) is 5.88 Å². The first-order valence-electron chi connectivity index (χ1n) is 11.1. The second kappa shape index (κ2) is 9.09. The third kappa shape index (κ3) is 4.71. The van der Waals surface area contributed by atoms with Crippen LogP contribution >= 0.6 is 15.9 Å². The van der Waals surface area contributed by atoms with Gasteiger partial charge < -0.3 is 14.5 Å². The van der Waals surface area contributed by atoms with Crippen LogP contribution < -0.4 is 9.64 Å². The highest BCUT2D eigenvalue weighted by molar-refractivity contribution is 9.10. The van der Waals surface area contributed by atoms with Crippen LogP contribution in [0.4, 0.5) is 5.82 Å². The zero-order valence-corrected chi connectivity index (χ0v) is 20.3. The predicted octanol–water partition coefficient (Wildman–Crippen LogP) is 2.99. The van der Waals surface area contributed by atoms with Crippen molar-refractivity contribution in [3.8, 4) is 17.1 Å². The summed E-state index contributed by atoms with van der Waals surface area (Å²) in [6.45, 7) is 4.42. The molecule has 0 N–H and O–H groups in total. The molecule has 5 heterocycles. The number of anilines is 1. The molecule has 2 aliphatic heterocycles. The van der Waals surface area contributed by atoms with Gasteiger partial charge in [0.25, 0.3) is 0 Å². The van der Waals surface area contributed by atoms with E-state index in [0.717, 1.165) is 65.3 Å². The molecule has 5 rings (SSSR count). The van der Waals surface area contributed by atoms with E-state index in [1.54, 1.807) is 17.8 Å². The van der Waals surface area contributed by atoms with Gasteiger partial charge in [-0.2, -0.15) is 5.10 Å². The van der Waals surface area contributed by atoms with Crippen LogP contribution in [0.1, 0.15) is 31.2 Å². The lowest BCUT2D eigenvalue weighted by atomic mass is 10.1. The molecule has 3 aromatic rings. The lowest BCUT2D eigenvalue weighted by molar-refractivity contribution is -0.129. The summed E-state index contributed by atoms with van der Waals surface area (Å²) in [5, 5.41) is 4.34. The van der Waals surface area contributed by atoms with Crippen molar-refractivity contribution >= 4 is 27.7 Å². The van der Waals surface area contributed by atoms with Crippen molar-refractivity contribution in [1.82, 2.24) is 29.6 Å². The molecular weight excluding hydrogens is 486 g/mol. The minimum Gasteiger partial charge on any atom is -0.474 e. The maximum atomic E-state index is 11.9. The summed E-state index contributed by atoms with van der Waals surface area (Å²) in [7, 11) is 1.89. The molecule has 1 amide bonds. The molecule has 0 aliphatic carbocycles. The van der Waals surface area contributed by atoms with Crippen LogP contribution in [0.2, 0.25) is 0 Å². The average molecular weight is 512 g/mol. The SMILES string of the molecule is CC(=O)N1CCc2nc(N3CCC(Oc4ccc(Br)cn4)CC3)c(-c3cnn(C)c3)nc2C1. The zero-order chi connectivity index (χ0) is 22.9. The van der Waals surface area contributed by atoms with Crippen molar-refractivity contribution in [1.29, 1.82) is 0 Å². The molecule has 1 saturated heterocycles. The number of fused-ring (bicyclic) bond motifs is 1. The van der Waals surface area contributed by atoms with Crippen LogP contribution in [0, 0.1) is 0 Å². The van der Waals surface area contributed by atoms with Crippen LogP contribution in [0.15, 0.2) is 35.2 Å². The molecule has 172 valence electrons. The monoisotopic (exact) mass is 511 g/mol. The number of aromatic nitrogens is 5. The molecular formula is C23H26BrN7O2. The van der Waals surface area contributed by atoms with E-state index in [4.69, 9.17) is 14.7 Å². The summed E-state index contributed by atoms with van der Waals surface area (Å²) in [5.74, 6) is 1.60. The first kappa shape index (κ1) is 21.8. The molecule has 3 aromatic heterocycles. The van der Waals surface area contributed by atoms with Gasteiger partial charge in [-0.3, -0.25) is 9.48 Å². The number of nitrogens with zero attached hydrogens (tertiary/aromatic N) is 7. The maximum Gasteiger partial charge on any atom is 0.219 e. The van der Waals surface area contributed by atoms with Gasteiger partial charge in [0.05, 0.1) is 24.1 Å². The third-order valence-electron chi connectivity index (χ3n) is 6.14. The minimum absolute atomic E-state index is 0.0665. The summed E-state index contributed by atoms with van der Waals surface area (Å²) in [5.41, 5.74) is 3.60. The van der Waals surface area contributed by atoms with E-state index < -0.39 is 0 Å². The van der Waals surface area contributed by atoms with Gasteiger partial charge in [0, 0.05) is 81.4 Å². The molecule has 0 unspecified atom stereocenters. The molecule has 0 bridgehead atoms. The smallest absolute Gasteiger partial charge is 0.219 e. The first-order valence-corrected chi connectivity index (χ1v) is 11.9. The van der Waals surface area contributed by atoms with Crippen molar-refractivity contribution in [2.24, 2.45) is 7.05 Å². The molecule has 0 atom stereocenters. The lowest BCUT2D eigenvalue weighted by Crippen LogP contribution is -2.40. The number of carbonyl (C=O) groups is 1. The number of hydrogen-bond acceptors (Lipinski definition) is 7. The summed E-state index contributed by atoms with van der Waals surface area (Å²) < 4.78 is 8.80. The zero-order valence-electron chi connectivity index (χ0n) is 18.7. The van der Waals surface area contributed by atoms with Gasteiger partial charge >= 0.3 is 0 Å². The Morgan fingerprint density at radius 3 is 2.61 bits per heavy atom. The van der Waals surface area contributed by atoms with E-state index in [0.29, 0.717) is 19.0 Å². The third-order valence-corrected chi connectivity index (χ3v) is 6.61. The van der Waals surface area contributed by atoms with E-state index in [-0.39, 0.29) is 12.0 Å². The van der Waals surface area contributed by atoms with Gasteiger partial charge in [0.15, 0.2) is 5.82 Å². The number of carbonyl (C=O) groups excluding carboxylic acids is 1. The van der Waals surface area contributed by atoms with Gasteiger partial charge in [-0.15, -0.1) is 0 Å². The van der Waals surface area contributed by atoms with Crippen LogP contribution in [-0.2, 0) is 24.8 Å². The van der Waals surface area contributed by atoms with Crippen molar-refractivity contribution in [2.75, 3.05) is 24.5 Å². The summed E-state index contributed by atoms with van der Waals surface area (Å²) in [6.07, 6.45) is 8.12. The maximum absolute atomic E-state index is 11.9. The largest absolute Gasteiger partial charge is 0.474 e. The van der Waals surface area contributed by atoms with E-state index in [1.807, 2.05) is 36.5 Å². The van der Waals surface area contributed by atoms with E-state index in [2.05, 4.69) is 30.9 Å². The number of amides is 1. The Kier molecular flexibility index (Phi) is 6.01. The highest BCUT2D eigenvalue weighted by Gasteiger charge is 2.28. The van der Waals surface area contributed by atoms with Crippen molar-refractivity contribution in [2.45, 2.75) is 38.8 Å².